The number of nitrogens with one attached hydrogen (secondary N) is 1. The number of benzene rings is 2. The number of carbonyl (C=O) groups excluding carboxylic acids is 1. The van der Waals surface area contributed by atoms with E-state index in [-0.39, 0.29) is 11.1 Å². The fourth-order valence-corrected chi connectivity index (χ4v) is 4.34. The van der Waals surface area contributed by atoms with Crippen molar-refractivity contribution in [2.45, 2.75) is 46.6 Å². The highest BCUT2D eigenvalue weighted by Crippen LogP contribution is 2.41. The summed E-state index contributed by atoms with van der Waals surface area (Å²) in [5, 5.41) is 12.9. The highest BCUT2D eigenvalue weighted by atomic mass is 35.5. The SMILES string of the molecule is CCc1ccc(NC(=O)/C(C#N)=C/c2cc3c(cc2Cl)N(CC)C(C)(C)C=C3C)cc1. The predicted molar refractivity (Wildman–Crippen MR) is 130 cm³/mol. The van der Waals surface area contributed by atoms with Gasteiger partial charge in [0.05, 0.1) is 5.54 Å². The third-order valence-electron chi connectivity index (χ3n) is 5.70. The van der Waals surface area contributed by atoms with Crippen LogP contribution < -0.4 is 10.2 Å². The number of likely N-dealkylation sites (N-methyl/N-ethyl adjacent to an activating group) is 1. The smallest absolute Gasteiger partial charge is 0.266 e. The zero-order valence-corrected chi connectivity index (χ0v) is 19.5. The third kappa shape index (κ3) is 4.68. The van der Waals surface area contributed by atoms with Gasteiger partial charge in [0, 0.05) is 28.5 Å². The highest BCUT2D eigenvalue weighted by molar-refractivity contribution is 6.32. The van der Waals surface area contributed by atoms with E-state index in [0.29, 0.717) is 16.3 Å². The van der Waals surface area contributed by atoms with Gasteiger partial charge in [-0.3, -0.25) is 4.79 Å². The van der Waals surface area contributed by atoms with Crippen molar-refractivity contribution in [2.75, 3.05) is 16.8 Å². The predicted octanol–water partition coefficient (Wildman–Crippen LogP) is 6.47. The number of carbonyl (C=O) groups is 1. The average Bonchev–Trinajstić information content (AvgIpc) is 2.72. The van der Waals surface area contributed by atoms with Crippen LogP contribution in [0.2, 0.25) is 5.02 Å². The van der Waals surface area contributed by atoms with Crippen molar-refractivity contribution in [2.24, 2.45) is 0 Å². The molecule has 0 fully saturated rings. The molecule has 0 radical (unpaired) electrons. The molecule has 0 spiro atoms. The number of hydrogen-bond donors (Lipinski definition) is 1. The molecule has 31 heavy (non-hydrogen) atoms. The number of allylic oxidation sites excluding steroid dienone is 1. The van der Waals surface area contributed by atoms with E-state index in [1.165, 1.54) is 5.56 Å². The van der Waals surface area contributed by atoms with Crippen molar-refractivity contribution >= 4 is 40.5 Å². The maximum Gasteiger partial charge on any atom is 0.266 e. The van der Waals surface area contributed by atoms with Gasteiger partial charge in [-0.1, -0.05) is 36.7 Å². The molecule has 1 amide bonds. The molecule has 0 saturated carbocycles. The van der Waals surface area contributed by atoms with Gasteiger partial charge < -0.3 is 10.2 Å². The van der Waals surface area contributed by atoms with Gasteiger partial charge in [0.25, 0.3) is 5.91 Å². The lowest BCUT2D eigenvalue weighted by molar-refractivity contribution is -0.112. The van der Waals surface area contributed by atoms with Crippen LogP contribution in [-0.4, -0.2) is 18.0 Å². The van der Waals surface area contributed by atoms with Crippen LogP contribution in [0.15, 0.2) is 48.0 Å². The molecule has 1 aliphatic heterocycles. The number of anilines is 2. The maximum atomic E-state index is 12.7. The Kier molecular flexibility index (Phi) is 6.57. The summed E-state index contributed by atoms with van der Waals surface area (Å²) in [7, 11) is 0. The molecular formula is C26H28ClN3O. The molecule has 0 saturated heterocycles. The van der Waals surface area contributed by atoms with Gasteiger partial charge in [-0.05, 0) is 81.2 Å². The van der Waals surface area contributed by atoms with Gasteiger partial charge in [0.1, 0.15) is 11.6 Å². The van der Waals surface area contributed by atoms with Gasteiger partial charge in [-0.25, -0.2) is 0 Å². The largest absolute Gasteiger partial charge is 0.363 e. The van der Waals surface area contributed by atoms with Gasteiger partial charge in [-0.15, -0.1) is 0 Å². The van der Waals surface area contributed by atoms with Gasteiger partial charge in [0.2, 0.25) is 0 Å². The summed E-state index contributed by atoms with van der Waals surface area (Å²) in [6, 6.07) is 13.5. The Bertz CT molecular complexity index is 1100. The first-order valence-electron chi connectivity index (χ1n) is 10.5. The molecule has 2 aromatic carbocycles. The topological polar surface area (TPSA) is 56.1 Å². The zero-order valence-electron chi connectivity index (χ0n) is 18.7. The molecule has 0 unspecified atom stereocenters. The fourth-order valence-electron chi connectivity index (χ4n) is 4.13. The first-order chi connectivity index (χ1) is 14.7. The Balaban J connectivity index is 1.95. The van der Waals surface area contributed by atoms with Crippen LogP contribution in [0.5, 0.6) is 0 Å². The van der Waals surface area contributed by atoms with Crippen molar-refractivity contribution < 1.29 is 4.79 Å². The van der Waals surface area contributed by atoms with Crippen LogP contribution >= 0.6 is 11.6 Å². The van der Waals surface area contributed by atoms with E-state index >= 15 is 0 Å². The molecule has 4 nitrogen and oxygen atoms in total. The normalized spacial score (nSPS) is 15.1. The van der Waals surface area contributed by atoms with Crippen LogP contribution in [-0.2, 0) is 11.2 Å². The lowest BCUT2D eigenvalue weighted by Crippen LogP contribution is -2.44. The number of aryl methyl sites for hydroxylation is 1. The molecule has 0 atom stereocenters. The van der Waals surface area contributed by atoms with E-state index in [9.17, 15) is 10.1 Å². The number of nitrogens with zero attached hydrogens (tertiary/aromatic N) is 2. The van der Waals surface area contributed by atoms with E-state index in [1.807, 2.05) is 42.5 Å². The molecular weight excluding hydrogens is 406 g/mol. The van der Waals surface area contributed by atoms with Crippen LogP contribution in [0.25, 0.3) is 11.6 Å². The molecule has 1 heterocycles. The van der Waals surface area contributed by atoms with E-state index in [0.717, 1.165) is 29.8 Å². The monoisotopic (exact) mass is 433 g/mol. The second-order valence-corrected chi connectivity index (χ2v) is 8.70. The van der Waals surface area contributed by atoms with Crippen LogP contribution in [0.4, 0.5) is 11.4 Å². The number of rotatable bonds is 5. The molecule has 1 aliphatic rings. The summed E-state index contributed by atoms with van der Waals surface area (Å²) < 4.78 is 0. The first-order valence-corrected chi connectivity index (χ1v) is 10.9. The minimum Gasteiger partial charge on any atom is -0.363 e. The minimum absolute atomic E-state index is 0.00605. The molecule has 5 heteroatoms. The summed E-state index contributed by atoms with van der Waals surface area (Å²) >= 11 is 6.59. The molecule has 160 valence electrons. The maximum absolute atomic E-state index is 12.7. The summed E-state index contributed by atoms with van der Waals surface area (Å²) in [6.07, 6.45) is 4.72. The number of nitriles is 1. The average molecular weight is 434 g/mol. The zero-order chi connectivity index (χ0) is 22.8. The lowest BCUT2D eigenvalue weighted by Gasteiger charge is -2.43. The third-order valence-corrected chi connectivity index (χ3v) is 6.02. The molecule has 1 N–H and O–H groups in total. The summed E-state index contributed by atoms with van der Waals surface area (Å²) in [6.45, 7) is 11.5. The standard InChI is InChI=1S/C26H28ClN3O/c1-6-18-8-10-21(11-9-18)29-25(31)20(16-28)12-19-13-22-17(3)15-26(4,5)30(7-2)24(22)14-23(19)27/h8-15H,6-7H2,1-5H3,(H,29,31)/b20-12+. The van der Waals surface area contributed by atoms with Crippen molar-refractivity contribution in [3.8, 4) is 6.07 Å². The van der Waals surface area contributed by atoms with Crippen molar-refractivity contribution in [1.29, 1.82) is 5.26 Å². The van der Waals surface area contributed by atoms with E-state index in [1.54, 1.807) is 6.08 Å². The Morgan fingerprint density at radius 1 is 1.23 bits per heavy atom. The second kappa shape index (κ2) is 8.99. The minimum atomic E-state index is -0.455. The summed E-state index contributed by atoms with van der Waals surface area (Å²) in [4.78, 5) is 15.0. The fraction of sp³-hybridized carbons (Fsp3) is 0.308. The number of hydrogen-bond acceptors (Lipinski definition) is 3. The molecule has 0 aromatic heterocycles. The quantitative estimate of drug-likeness (QED) is 0.434. The lowest BCUT2D eigenvalue weighted by atomic mass is 9.88. The Hall–Kier alpha value is -3.03. The van der Waals surface area contributed by atoms with Gasteiger partial charge >= 0.3 is 0 Å². The van der Waals surface area contributed by atoms with Crippen LogP contribution in [0.1, 0.15) is 51.3 Å². The number of amides is 1. The van der Waals surface area contributed by atoms with E-state index in [2.05, 4.69) is 50.9 Å². The first kappa shape index (κ1) is 22.7. The van der Waals surface area contributed by atoms with Crippen molar-refractivity contribution in [3.63, 3.8) is 0 Å². The molecule has 3 rings (SSSR count). The number of fused-ring (bicyclic) bond motifs is 1. The molecule has 2 aromatic rings. The number of halogens is 1. The Labute approximate surface area is 189 Å². The van der Waals surface area contributed by atoms with Gasteiger partial charge in [0.15, 0.2) is 0 Å². The molecule has 0 bridgehead atoms. The van der Waals surface area contributed by atoms with Crippen molar-refractivity contribution in [3.05, 3.63) is 69.8 Å². The van der Waals surface area contributed by atoms with E-state index in [4.69, 9.17) is 11.6 Å². The summed E-state index contributed by atoms with van der Waals surface area (Å²) in [5.74, 6) is -0.455. The van der Waals surface area contributed by atoms with Crippen molar-refractivity contribution in [1.82, 2.24) is 0 Å². The summed E-state index contributed by atoms with van der Waals surface area (Å²) in [5.41, 5.74) is 5.65. The highest BCUT2D eigenvalue weighted by Gasteiger charge is 2.30. The van der Waals surface area contributed by atoms with Crippen LogP contribution in [0, 0.1) is 11.3 Å². The second-order valence-electron chi connectivity index (χ2n) is 8.29. The van der Waals surface area contributed by atoms with Gasteiger partial charge in [-0.2, -0.15) is 5.26 Å². The van der Waals surface area contributed by atoms with Crippen LogP contribution in [0.3, 0.4) is 0 Å². The molecule has 0 aliphatic carbocycles. The Morgan fingerprint density at radius 3 is 2.48 bits per heavy atom. The van der Waals surface area contributed by atoms with E-state index < -0.39 is 5.91 Å². The Morgan fingerprint density at radius 2 is 1.90 bits per heavy atom.